The number of nitrogens with one attached hydrogen (secondary N) is 1. The monoisotopic (exact) mass is 243 g/mol. The average Bonchev–Trinajstić information content (AvgIpc) is 2.66. The first kappa shape index (κ1) is 12.4. The van der Waals surface area contributed by atoms with Crippen molar-refractivity contribution in [2.45, 2.75) is 19.9 Å². The molecular formula is C9H13N3O3S. The fourth-order valence-electron chi connectivity index (χ4n) is 0.961. The molecule has 1 amide bonds. The summed E-state index contributed by atoms with van der Waals surface area (Å²) in [5, 5.41) is 3.30. The molecule has 0 radical (unpaired) electrons. The van der Waals surface area contributed by atoms with Crippen molar-refractivity contribution in [3.63, 3.8) is 0 Å². The largest absolute Gasteiger partial charge is 0.461 e. The van der Waals surface area contributed by atoms with Gasteiger partial charge in [0.25, 0.3) is 0 Å². The van der Waals surface area contributed by atoms with Crippen molar-refractivity contribution in [2.75, 3.05) is 11.9 Å². The van der Waals surface area contributed by atoms with E-state index in [0.717, 1.165) is 0 Å². The quantitative estimate of drug-likeness (QED) is 0.739. The van der Waals surface area contributed by atoms with Crippen molar-refractivity contribution >= 4 is 28.2 Å². The third kappa shape index (κ3) is 2.93. The second-order valence-electron chi connectivity index (χ2n) is 3.02. The minimum Gasteiger partial charge on any atom is -0.461 e. The standard InChI is InChI=1S/C9H13N3O3S/c1-3-15-9(14)6-8(16-4-11-6)12-5(2)7(10)13/h4-5,12H,3H2,1-2H3,(H2,10,13). The maximum Gasteiger partial charge on any atom is 0.360 e. The van der Waals surface area contributed by atoms with E-state index in [1.54, 1.807) is 13.8 Å². The summed E-state index contributed by atoms with van der Waals surface area (Å²) in [5.41, 5.74) is 6.79. The van der Waals surface area contributed by atoms with Crippen LogP contribution in [0.15, 0.2) is 5.51 Å². The lowest BCUT2D eigenvalue weighted by Gasteiger charge is -2.10. The summed E-state index contributed by atoms with van der Waals surface area (Å²) < 4.78 is 4.82. The van der Waals surface area contributed by atoms with Crippen molar-refractivity contribution in [1.82, 2.24) is 4.98 Å². The predicted molar refractivity (Wildman–Crippen MR) is 60.3 cm³/mol. The maximum absolute atomic E-state index is 11.4. The number of nitrogens with two attached hydrogens (primary N) is 1. The van der Waals surface area contributed by atoms with Gasteiger partial charge in [-0.3, -0.25) is 4.79 Å². The zero-order valence-corrected chi connectivity index (χ0v) is 9.84. The summed E-state index contributed by atoms with van der Waals surface area (Å²) in [6.45, 7) is 3.60. The molecule has 3 N–H and O–H groups in total. The van der Waals surface area contributed by atoms with Crippen LogP contribution in [0, 0.1) is 0 Å². The van der Waals surface area contributed by atoms with E-state index in [9.17, 15) is 9.59 Å². The molecule has 16 heavy (non-hydrogen) atoms. The van der Waals surface area contributed by atoms with Gasteiger partial charge in [0, 0.05) is 0 Å². The van der Waals surface area contributed by atoms with E-state index in [2.05, 4.69) is 10.3 Å². The van der Waals surface area contributed by atoms with Gasteiger partial charge in [-0.05, 0) is 13.8 Å². The number of carbonyl (C=O) groups excluding carboxylic acids is 2. The Hall–Kier alpha value is -1.63. The van der Waals surface area contributed by atoms with Gasteiger partial charge in [-0.1, -0.05) is 0 Å². The summed E-state index contributed by atoms with van der Waals surface area (Å²) in [7, 11) is 0. The van der Waals surface area contributed by atoms with Crippen molar-refractivity contribution in [3.8, 4) is 0 Å². The van der Waals surface area contributed by atoms with Crippen LogP contribution in [0.25, 0.3) is 0 Å². The van der Waals surface area contributed by atoms with Crippen LogP contribution in [0.3, 0.4) is 0 Å². The number of rotatable bonds is 5. The lowest BCUT2D eigenvalue weighted by molar-refractivity contribution is -0.118. The Labute approximate surface area is 96.8 Å². The van der Waals surface area contributed by atoms with Crippen LogP contribution < -0.4 is 11.1 Å². The van der Waals surface area contributed by atoms with Crippen molar-refractivity contribution in [2.24, 2.45) is 5.73 Å². The molecule has 0 aromatic carbocycles. The Kier molecular flexibility index (Phi) is 4.24. The molecule has 1 unspecified atom stereocenters. The highest BCUT2D eigenvalue weighted by Crippen LogP contribution is 2.21. The van der Waals surface area contributed by atoms with E-state index < -0.39 is 17.9 Å². The van der Waals surface area contributed by atoms with Gasteiger partial charge in [0.1, 0.15) is 11.0 Å². The molecule has 1 aromatic rings. The van der Waals surface area contributed by atoms with E-state index in [1.807, 2.05) is 0 Å². The first-order valence-corrected chi connectivity index (χ1v) is 5.60. The van der Waals surface area contributed by atoms with Crippen LogP contribution in [0.2, 0.25) is 0 Å². The fourth-order valence-corrected chi connectivity index (χ4v) is 1.72. The maximum atomic E-state index is 11.4. The number of anilines is 1. The highest BCUT2D eigenvalue weighted by molar-refractivity contribution is 7.14. The highest BCUT2D eigenvalue weighted by Gasteiger charge is 2.18. The number of thiazole rings is 1. The number of amides is 1. The molecule has 0 aliphatic rings. The first-order valence-electron chi connectivity index (χ1n) is 4.72. The Morgan fingerprint density at radius 3 is 2.94 bits per heavy atom. The predicted octanol–water partition coefficient (Wildman–Crippen LogP) is 0.606. The Morgan fingerprint density at radius 1 is 1.69 bits per heavy atom. The van der Waals surface area contributed by atoms with Crippen LogP contribution in [0.5, 0.6) is 0 Å². The number of hydrogen-bond acceptors (Lipinski definition) is 6. The number of aromatic nitrogens is 1. The second kappa shape index (κ2) is 5.45. The zero-order valence-electron chi connectivity index (χ0n) is 9.02. The smallest absolute Gasteiger partial charge is 0.360 e. The van der Waals surface area contributed by atoms with Crippen LogP contribution in [0.4, 0.5) is 5.00 Å². The Balaban J connectivity index is 2.78. The van der Waals surface area contributed by atoms with Gasteiger partial charge in [0.15, 0.2) is 5.69 Å². The molecule has 0 saturated heterocycles. The lowest BCUT2D eigenvalue weighted by atomic mass is 10.3. The molecule has 6 nitrogen and oxygen atoms in total. The van der Waals surface area contributed by atoms with Gasteiger partial charge in [0.05, 0.1) is 12.1 Å². The van der Waals surface area contributed by atoms with Gasteiger partial charge in [0.2, 0.25) is 5.91 Å². The van der Waals surface area contributed by atoms with E-state index >= 15 is 0 Å². The number of ether oxygens (including phenoxy) is 1. The summed E-state index contributed by atoms with van der Waals surface area (Å²) in [4.78, 5) is 26.2. The Morgan fingerprint density at radius 2 is 2.38 bits per heavy atom. The van der Waals surface area contributed by atoms with E-state index in [-0.39, 0.29) is 12.3 Å². The van der Waals surface area contributed by atoms with Gasteiger partial charge in [-0.25, -0.2) is 9.78 Å². The fraction of sp³-hybridized carbons (Fsp3) is 0.444. The van der Waals surface area contributed by atoms with Gasteiger partial charge in [-0.15, -0.1) is 11.3 Å². The van der Waals surface area contributed by atoms with E-state index in [1.165, 1.54) is 16.8 Å². The summed E-state index contributed by atoms with van der Waals surface area (Å²) >= 11 is 1.22. The summed E-state index contributed by atoms with van der Waals surface area (Å²) in [6.07, 6.45) is 0. The molecule has 0 aliphatic carbocycles. The molecular weight excluding hydrogens is 230 g/mol. The summed E-state index contributed by atoms with van der Waals surface area (Å²) in [5.74, 6) is -1.01. The van der Waals surface area contributed by atoms with Gasteiger partial charge >= 0.3 is 5.97 Å². The molecule has 88 valence electrons. The average molecular weight is 243 g/mol. The van der Waals surface area contributed by atoms with Crippen LogP contribution in [0.1, 0.15) is 24.3 Å². The van der Waals surface area contributed by atoms with Crippen molar-refractivity contribution in [3.05, 3.63) is 11.2 Å². The lowest BCUT2D eigenvalue weighted by Crippen LogP contribution is -2.32. The van der Waals surface area contributed by atoms with E-state index in [0.29, 0.717) is 5.00 Å². The molecule has 0 spiro atoms. The molecule has 1 rings (SSSR count). The van der Waals surface area contributed by atoms with E-state index in [4.69, 9.17) is 10.5 Å². The zero-order chi connectivity index (χ0) is 12.1. The first-order chi connectivity index (χ1) is 7.56. The summed E-state index contributed by atoms with van der Waals surface area (Å²) in [6, 6.07) is -0.561. The third-order valence-corrected chi connectivity index (χ3v) is 2.57. The molecule has 0 saturated carbocycles. The van der Waals surface area contributed by atoms with Crippen LogP contribution in [-0.2, 0) is 9.53 Å². The molecule has 0 bridgehead atoms. The number of primary amides is 1. The van der Waals surface area contributed by atoms with Gasteiger partial charge < -0.3 is 15.8 Å². The van der Waals surface area contributed by atoms with Crippen molar-refractivity contribution < 1.29 is 14.3 Å². The van der Waals surface area contributed by atoms with Crippen molar-refractivity contribution in [1.29, 1.82) is 0 Å². The molecule has 1 heterocycles. The SMILES string of the molecule is CCOC(=O)c1ncsc1NC(C)C(N)=O. The Bertz CT molecular complexity index is 391. The topological polar surface area (TPSA) is 94.3 Å². The second-order valence-corrected chi connectivity index (χ2v) is 3.87. The third-order valence-electron chi connectivity index (χ3n) is 1.81. The molecule has 0 aliphatic heterocycles. The normalized spacial score (nSPS) is 11.9. The molecule has 1 aromatic heterocycles. The number of nitrogens with zero attached hydrogens (tertiary/aromatic N) is 1. The number of hydrogen-bond donors (Lipinski definition) is 2. The van der Waals surface area contributed by atoms with Crippen LogP contribution >= 0.6 is 11.3 Å². The van der Waals surface area contributed by atoms with Crippen LogP contribution in [-0.4, -0.2) is 29.5 Å². The molecule has 0 fully saturated rings. The highest BCUT2D eigenvalue weighted by atomic mass is 32.1. The minimum absolute atomic E-state index is 0.181. The molecule has 7 heteroatoms. The minimum atomic E-state index is -0.561. The number of carbonyl (C=O) groups is 2. The molecule has 1 atom stereocenters. The van der Waals surface area contributed by atoms with Gasteiger partial charge in [-0.2, -0.15) is 0 Å². The number of esters is 1.